The Hall–Kier alpha value is -1.03. The number of benzene rings is 2. The first kappa shape index (κ1) is 16.3. The van der Waals surface area contributed by atoms with E-state index in [1.54, 1.807) is 0 Å². The number of hydrogen-bond acceptors (Lipinski definition) is 2. The van der Waals surface area contributed by atoms with Crippen molar-refractivity contribution in [3.05, 3.63) is 63.1 Å². The molecule has 112 valence electrons. The van der Waals surface area contributed by atoms with E-state index in [0.29, 0.717) is 17.4 Å². The predicted octanol–water partition coefficient (Wildman–Crippen LogP) is 4.96. The average Bonchev–Trinajstić information content (AvgIpc) is 2.48. The highest BCUT2D eigenvalue weighted by atomic mass is 79.9. The first-order valence-electron chi connectivity index (χ1n) is 7.00. The normalized spacial score (nSPS) is 12.2. The third-order valence-corrected chi connectivity index (χ3v) is 4.43. The molecule has 21 heavy (non-hydrogen) atoms. The summed E-state index contributed by atoms with van der Waals surface area (Å²) in [6, 6.07) is 14.0. The molecule has 0 saturated carbocycles. The van der Waals surface area contributed by atoms with Gasteiger partial charge in [-0.25, -0.2) is 0 Å². The van der Waals surface area contributed by atoms with Gasteiger partial charge in [0.1, 0.15) is 12.4 Å². The Kier molecular flexibility index (Phi) is 6.09. The smallest absolute Gasteiger partial charge is 0.138 e. The Morgan fingerprint density at radius 1 is 1.24 bits per heavy atom. The van der Waals surface area contributed by atoms with E-state index in [9.17, 15) is 0 Å². The molecule has 0 aliphatic heterocycles. The summed E-state index contributed by atoms with van der Waals surface area (Å²) in [7, 11) is 0. The molecule has 0 spiro atoms. The SMILES string of the molecule is CCC(N)Cc1ccc(OCc2ccccc2Br)c(Cl)c1. The standard InChI is InChI=1S/C17H19BrClNO/c1-2-14(20)9-12-7-8-17(16(19)10-12)21-11-13-5-3-4-6-15(13)18/h3-8,10,14H,2,9,11,20H2,1H3. The Bertz CT molecular complexity index is 603. The zero-order chi connectivity index (χ0) is 15.2. The van der Waals surface area contributed by atoms with E-state index in [4.69, 9.17) is 22.1 Å². The minimum absolute atomic E-state index is 0.174. The Labute approximate surface area is 139 Å². The van der Waals surface area contributed by atoms with Crippen LogP contribution in [0.3, 0.4) is 0 Å². The summed E-state index contributed by atoms with van der Waals surface area (Å²) in [4.78, 5) is 0. The molecule has 1 unspecified atom stereocenters. The molecule has 2 rings (SSSR count). The zero-order valence-electron chi connectivity index (χ0n) is 12.0. The van der Waals surface area contributed by atoms with Crippen molar-refractivity contribution in [1.29, 1.82) is 0 Å². The highest BCUT2D eigenvalue weighted by Gasteiger charge is 2.07. The van der Waals surface area contributed by atoms with Gasteiger partial charge in [0.2, 0.25) is 0 Å². The second-order valence-electron chi connectivity index (χ2n) is 5.02. The Morgan fingerprint density at radius 2 is 2.00 bits per heavy atom. The topological polar surface area (TPSA) is 35.2 Å². The van der Waals surface area contributed by atoms with Gasteiger partial charge in [-0.1, -0.05) is 58.7 Å². The van der Waals surface area contributed by atoms with Crippen LogP contribution in [0.25, 0.3) is 0 Å². The molecule has 0 aliphatic rings. The van der Waals surface area contributed by atoms with Crippen LogP contribution in [0, 0.1) is 0 Å². The van der Waals surface area contributed by atoms with Gasteiger partial charge in [-0.2, -0.15) is 0 Å². The minimum atomic E-state index is 0.174. The van der Waals surface area contributed by atoms with Crippen LogP contribution in [0.2, 0.25) is 5.02 Å². The molecule has 0 amide bonds. The fourth-order valence-corrected chi connectivity index (χ4v) is 2.66. The highest BCUT2D eigenvalue weighted by molar-refractivity contribution is 9.10. The van der Waals surface area contributed by atoms with Crippen molar-refractivity contribution < 1.29 is 4.74 Å². The predicted molar refractivity (Wildman–Crippen MR) is 91.9 cm³/mol. The second-order valence-corrected chi connectivity index (χ2v) is 6.28. The fraction of sp³-hybridized carbons (Fsp3) is 0.294. The van der Waals surface area contributed by atoms with Crippen molar-refractivity contribution in [3.63, 3.8) is 0 Å². The molecule has 0 saturated heterocycles. The van der Waals surface area contributed by atoms with E-state index < -0.39 is 0 Å². The van der Waals surface area contributed by atoms with Gasteiger partial charge in [0.15, 0.2) is 0 Å². The summed E-state index contributed by atoms with van der Waals surface area (Å²) in [6.45, 7) is 2.57. The number of nitrogens with two attached hydrogens (primary N) is 1. The van der Waals surface area contributed by atoms with Gasteiger partial charge in [0.05, 0.1) is 5.02 Å². The molecule has 2 aromatic rings. The molecule has 0 fully saturated rings. The van der Waals surface area contributed by atoms with Crippen LogP contribution >= 0.6 is 27.5 Å². The van der Waals surface area contributed by atoms with Crippen LogP contribution in [0.15, 0.2) is 46.9 Å². The lowest BCUT2D eigenvalue weighted by Crippen LogP contribution is -2.21. The third-order valence-electron chi connectivity index (χ3n) is 3.36. The van der Waals surface area contributed by atoms with Gasteiger partial charge in [-0.3, -0.25) is 0 Å². The molecule has 0 heterocycles. The van der Waals surface area contributed by atoms with Gasteiger partial charge >= 0.3 is 0 Å². The van der Waals surface area contributed by atoms with Crippen LogP contribution in [0.5, 0.6) is 5.75 Å². The van der Waals surface area contributed by atoms with Crippen molar-refractivity contribution in [2.75, 3.05) is 0 Å². The van der Waals surface area contributed by atoms with Crippen LogP contribution in [-0.4, -0.2) is 6.04 Å². The number of rotatable bonds is 6. The number of hydrogen-bond donors (Lipinski definition) is 1. The summed E-state index contributed by atoms with van der Waals surface area (Å²) in [5.74, 6) is 0.696. The van der Waals surface area contributed by atoms with Crippen molar-refractivity contribution in [2.45, 2.75) is 32.4 Å². The molecular weight excluding hydrogens is 350 g/mol. The van der Waals surface area contributed by atoms with Crippen LogP contribution in [0.4, 0.5) is 0 Å². The average molecular weight is 369 g/mol. The molecular formula is C17H19BrClNO. The first-order valence-corrected chi connectivity index (χ1v) is 8.17. The zero-order valence-corrected chi connectivity index (χ0v) is 14.3. The van der Waals surface area contributed by atoms with Gasteiger partial charge in [-0.15, -0.1) is 0 Å². The van der Waals surface area contributed by atoms with E-state index in [-0.39, 0.29) is 6.04 Å². The molecule has 2 N–H and O–H groups in total. The lowest BCUT2D eigenvalue weighted by molar-refractivity contribution is 0.305. The summed E-state index contributed by atoms with van der Waals surface area (Å²) in [6.07, 6.45) is 1.79. The molecule has 0 aromatic heterocycles. The maximum atomic E-state index is 6.28. The van der Waals surface area contributed by atoms with E-state index in [1.165, 1.54) is 0 Å². The van der Waals surface area contributed by atoms with Gasteiger partial charge in [-0.05, 0) is 36.6 Å². The maximum absolute atomic E-state index is 6.28. The molecule has 0 aliphatic carbocycles. The van der Waals surface area contributed by atoms with Gasteiger partial charge in [0.25, 0.3) is 0 Å². The van der Waals surface area contributed by atoms with Gasteiger partial charge < -0.3 is 10.5 Å². The molecule has 2 nitrogen and oxygen atoms in total. The van der Waals surface area contributed by atoms with E-state index in [2.05, 4.69) is 22.9 Å². The third kappa shape index (κ3) is 4.73. The largest absolute Gasteiger partial charge is 0.487 e. The Balaban J connectivity index is 2.03. The first-order chi connectivity index (χ1) is 10.1. The molecule has 1 atom stereocenters. The van der Waals surface area contributed by atoms with Crippen molar-refractivity contribution in [1.82, 2.24) is 0 Å². The van der Waals surface area contributed by atoms with Crippen LogP contribution in [0.1, 0.15) is 24.5 Å². The van der Waals surface area contributed by atoms with E-state index >= 15 is 0 Å². The molecule has 0 bridgehead atoms. The second kappa shape index (κ2) is 7.83. The van der Waals surface area contributed by atoms with Crippen molar-refractivity contribution in [3.8, 4) is 5.75 Å². The lowest BCUT2D eigenvalue weighted by atomic mass is 10.0. The quantitative estimate of drug-likeness (QED) is 0.782. The van der Waals surface area contributed by atoms with Gasteiger partial charge in [0, 0.05) is 16.1 Å². The molecule has 4 heteroatoms. The maximum Gasteiger partial charge on any atom is 0.138 e. The number of ether oxygens (including phenoxy) is 1. The lowest BCUT2D eigenvalue weighted by Gasteiger charge is -2.12. The minimum Gasteiger partial charge on any atom is -0.487 e. The summed E-state index contributed by atoms with van der Waals surface area (Å²) < 4.78 is 6.83. The monoisotopic (exact) mass is 367 g/mol. The van der Waals surface area contributed by atoms with Crippen molar-refractivity contribution >= 4 is 27.5 Å². The van der Waals surface area contributed by atoms with E-state index in [0.717, 1.165) is 28.4 Å². The highest BCUT2D eigenvalue weighted by Crippen LogP contribution is 2.27. The van der Waals surface area contributed by atoms with Crippen molar-refractivity contribution in [2.24, 2.45) is 5.73 Å². The Morgan fingerprint density at radius 3 is 2.67 bits per heavy atom. The summed E-state index contributed by atoms with van der Waals surface area (Å²) in [5.41, 5.74) is 8.19. The van der Waals surface area contributed by atoms with Crippen LogP contribution < -0.4 is 10.5 Å². The number of halogens is 2. The summed E-state index contributed by atoms with van der Waals surface area (Å²) >= 11 is 9.79. The summed E-state index contributed by atoms with van der Waals surface area (Å²) in [5, 5.41) is 0.628. The van der Waals surface area contributed by atoms with Crippen LogP contribution in [-0.2, 0) is 13.0 Å². The van der Waals surface area contributed by atoms with E-state index in [1.807, 2.05) is 42.5 Å². The fourth-order valence-electron chi connectivity index (χ4n) is 2.01. The molecule has 2 aromatic carbocycles. The molecule has 0 radical (unpaired) electrons.